The van der Waals surface area contributed by atoms with Gasteiger partial charge in [-0.15, -0.1) is 0 Å². The second-order valence-electron chi connectivity index (χ2n) is 6.63. The normalized spacial score (nSPS) is 25.1. The quantitative estimate of drug-likeness (QED) is 0.883. The molecule has 0 aromatic heterocycles. The van der Waals surface area contributed by atoms with E-state index < -0.39 is 0 Å². The van der Waals surface area contributed by atoms with Crippen molar-refractivity contribution in [3.05, 3.63) is 34.9 Å². The fourth-order valence-electron chi connectivity index (χ4n) is 3.17. The van der Waals surface area contributed by atoms with Crippen LogP contribution in [0.2, 0.25) is 0 Å². The van der Waals surface area contributed by atoms with Crippen molar-refractivity contribution >= 4 is 0 Å². The van der Waals surface area contributed by atoms with E-state index in [1.165, 1.54) is 29.8 Å². The summed E-state index contributed by atoms with van der Waals surface area (Å²) in [5.41, 5.74) is 4.21. The first-order valence-corrected chi connectivity index (χ1v) is 8.04. The van der Waals surface area contributed by atoms with Gasteiger partial charge in [0.25, 0.3) is 0 Å². The van der Waals surface area contributed by atoms with E-state index in [2.05, 4.69) is 63.0 Å². The van der Waals surface area contributed by atoms with Crippen LogP contribution < -0.4 is 5.32 Å². The minimum absolute atomic E-state index is 0.455. The highest BCUT2D eigenvalue weighted by atomic mass is 15.2. The zero-order chi connectivity index (χ0) is 14.7. The second-order valence-corrected chi connectivity index (χ2v) is 6.63. The third-order valence-electron chi connectivity index (χ3n) is 4.89. The monoisotopic (exact) mass is 274 g/mol. The van der Waals surface area contributed by atoms with Gasteiger partial charge >= 0.3 is 0 Å². The van der Waals surface area contributed by atoms with Crippen LogP contribution >= 0.6 is 0 Å². The van der Waals surface area contributed by atoms with Crippen molar-refractivity contribution in [3.8, 4) is 0 Å². The number of hydrogen-bond donors (Lipinski definition) is 1. The Bertz CT molecular complexity index is 431. The van der Waals surface area contributed by atoms with E-state index in [1.54, 1.807) is 0 Å². The van der Waals surface area contributed by atoms with Gasteiger partial charge in [-0.25, -0.2) is 0 Å². The highest BCUT2D eigenvalue weighted by Gasteiger charge is 2.27. The van der Waals surface area contributed by atoms with E-state index in [0.29, 0.717) is 6.04 Å². The van der Waals surface area contributed by atoms with Gasteiger partial charge in [-0.1, -0.05) is 39.0 Å². The van der Waals surface area contributed by atoms with E-state index >= 15 is 0 Å². The minimum atomic E-state index is 0.455. The first kappa shape index (κ1) is 15.5. The zero-order valence-electron chi connectivity index (χ0n) is 13.7. The molecule has 2 rings (SSSR count). The largest absolute Gasteiger partial charge is 0.309 e. The molecule has 3 unspecified atom stereocenters. The van der Waals surface area contributed by atoms with Crippen LogP contribution in [0.15, 0.2) is 18.2 Å². The van der Waals surface area contributed by atoms with Gasteiger partial charge in [0.1, 0.15) is 0 Å². The molecule has 2 nitrogen and oxygen atoms in total. The number of benzene rings is 1. The van der Waals surface area contributed by atoms with Gasteiger partial charge < -0.3 is 10.2 Å². The van der Waals surface area contributed by atoms with Gasteiger partial charge in [-0.05, 0) is 48.9 Å². The average Bonchev–Trinajstić information content (AvgIpc) is 2.71. The van der Waals surface area contributed by atoms with Crippen molar-refractivity contribution in [1.82, 2.24) is 10.2 Å². The molecule has 1 fully saturated rings. The summed E-state index contributed by atoms with van der Waals surface area (Å²) in [7, 11) is 0. The maximum Gasteiger partial charge on any atom is 0.0449 e. The second kappa shape index (κ2) is 6.73. The molecule has 0 amide bonds. The smallest absolute Gasteiger partial charge is 0.0449 e. The summed E-state index contributed by atoms with van der Waals surface area (Å²) in [6, 6.07) is 7.35. The van der Waals surface area contributed by atoms with Crippen LogP contribution in [0.4, 0.5) is 0 Å². The Kier molecular flexibility index (Phi) is 5.22. The molecule has 20 heavy (non-hydrogen) atoms. The molecule has 1 N–H and O–H groups in total. The van der Waals surface area contributed by atoms with Crippen molar-refractivity contribution in [2.75, 3.05) is 26.2 Å². The van der Waals surface area contributed by atoms with Gasteiger partial charge in [-0.3, -0.25) is 0 Å². The topological polar surface area (TPSA) is 15.3 Å². The number of hydrogen-bond acceptors (Lipinski definition) is 2. The van der Waals surface area contributed by atoms with Crippen molar-refractivity contribution in [2.45, 2.75) is 40.7 Å². The molecule has 1 aliphatic rings. The van der Waals surface area contributed by atoms with Gasteiger partial charge in [0.05, 0.1) is 0 Å². The molecule has 112 valence electrons. The van der Waals surface area contributed by atoms with E-state index in [0.717, 1.165) is 24.9 Å². The Morgan fingerprint density at radius 3 is 2.35 bits per heavy atom. The van der Waals surface area contributed by atoms with Crippen LogP contribution in [0, 0.1) is 25.7 Å². The van der Waals surface area contributed by atoms with Gasteiger partial charge in [0.2, 0.25) is 0 Å². The van der Waals surface area contributed by atoms with Crippen molar-refractivity contribution in [3.63, 3.8) is 0 Å². The third kappa shape index (κ3) is 3.62. The molecule has 1 saturated heterocycles. The van der Waals surface area contributed by atoms with Crippen molar-refractivity contribution in [2.24, 2.45) is 11.8 Å². The summed E-state index contributed by atoms with van der Waals surface area (Å²) in [6.07, 6.45) is 0. The van der Waals surface area contributed by atoms with E-state index in [-0.39, 0.29) is 0 Å². The van der Waals surface area contributed by atoms with Crippen LogP contribution in [-0.2, 0) is 0 Å². The Balaban J connectivity index is 2.08. The molecule has 2 heteroatoms. The SMILES string of the molecule is CCNC(CN1CC(C)C(C)C1)c1ccc(C)c(C)c1. The summed E-state index contributed by atoms with van der Waals surface area (Å²) < 4.78 is 0. The molecule has 0 radical (unpaired) electrons. The maximum absolute atomic E-state index is 3.66. The number of likely N-dealkylation sites (tertiary alicyclic amines) is 1. The fourth-order valence-corrected chi connectivity index (χ4v) is 3.17. The van der Waals surface area contributed by atoms with Crippen molar-refractivity contribution < 1.29 is 0 Å². The fraction of sp³-hybridized carbons (Fsp3) is 0.667. The molecule has 0 spiro atoms. The van der Waals surface area contributed by atoms with Gasteiger partial charge in [0, 0.05) is 25.7 Å². The Morgan fingerprint density at radius 1 is 1.15 bits per heavy atom. The lowest BCUT2D eigenvalue weighted by Gasteiger charge is -2.25. The first-order valence-electron chi connectivity index (χ1n) is 8.04. The summed E-state index contributed by atoms with van der Waals surface area (Å²) in [5.74, 6) is 1.66. The lowest BCUT2D eigenvalue weighted by Crippen LogP contribution is -2.34. The average molecular weight is 274 g/mol. The highest BCUT2D eigenvalue weighted by Crippen LogP contribution is 2.25. The van der Waals surface area contributed by atoms with E-state index in [4.69, 9.17) is 0 Å². The molecular weight excluding hydrogens is 244 g/mol. The summed E-state index contributed by atoms with van der Waals surface area (Å²) in [6.45, 7) is 16.0. The number of nitrogens with one attached hydrogen (secondary N) is 1. The molecule has 3 atom stereocenters. The molecule has 1 aliphatic heterocycles. The maximum atomic E-state index is 3.66. The predicted molar refractivity (Wildman–Crippen MR) is 87.1 cm³/mol. The molecular formula is C18H30N2. The molecule has 0 bridgehead atoms. The number of likely N-dealkylation sites (N-methyl/N-ethyl adjacent to an activating group) is 1. The molecule has 0 aliphatic carbocycles. The minimum Gasteiger partial charge on any atom is -0.309 e. The van der Waals surface area contributed by atoms with Crippen LogP contribution in [0.3, 0.4) is 0 Å². The highest BCUT2D eigenvalue weighted by molar-refractivity contribution is 5.32. The Labute approximate surface area is 124 Å². The molecule has 1 heterocycles. The van der Waals surface area contributed by atoms with Gasteiger partial charge in [0.15, 0.2) is 0 Å². The molecule has 1 aromatic carbocycles. The lowest BCUT2D eigenvalue weighted by molar-refractivity contribution is 0.283. The lowest BCUT2D eigenvalue weighted by atomic mass is 10.0. The predicted octanol–water partition coefficient (Wildman–Crippen LogP) is 3.54. The number of rotatable bonds is 5. The van der Waals surface area contributed by atoms with Crippen molar-refractivity contribution in [1.29, 1.82) is 0 Å². The zero-order valence-corrected chi connectivity index (χ0v) is 13.7. The van der Waals surface area contributed by atoms with E-state index in [1.807, 2.05) is 0 Å². The van der Waals surface area contributed by atoms with Crippen LogP contribution in [0.5, 0.6) is 0 Å². The number of nitrogens with zero attached hydrogens (tertiary/aromatic N) is 1. The molecule has 1 aromatic rings. The van der Waals surface area contributed by atoms with Crippen LogP contribution in [0.25, 0.3) is 0 Å². The third-order valence-corrected chi connectivity index (χ3v) is 4.89. The summed E-state index contributed by atoms with van der Waals surface area (Å²) >= 11 is 0. The van der Waals surface area contributed by atoms with Crippen LogP contribution in [-0.4, -0.2) is 31.1 Å². The molecule has 0 saturated carbocycles. The van der Waals surface area contributed by atoms with E-state index in [9.17, 15) is 0 Å². The summed E-state index contributed by atoms with van der Waals surface area (Å²) in [5, 5.41) is 3.66. The first-order chi connectivity index (χ1) is 9.51. The Hall–Kier alpha value is -0.860. The standard InChI is InChI=1S/C18H30N2/c1-6-19-18(12-20-10-15(4)16(5)11-20)17-8-7-13(2)14(3)9-17/h7-9,15-16,18-19H,6,10-12H2,1-5H3. The Morgan fingerprint density at radius 2 is 1.80 bits per heavy atom. The number of aryl methyl sites for hydroxylation is 2. The summed E-state index contributed by atoms with van der Waals surface area (Å²) in [4.78, 5) is 2.62. The van der Waals surface area contributed by atoms with Crippen LogP contribution in [0.1, 0.15) is 43.5 Å². The van der Waals surface area contributed by atoms with Gasteiger partial charge in [-0.2, -0.15) is 0 Å².